The molecule has 1 unspecified atom stereocenters. The van der Waals surface area contributed by atoms with E-state index in [0.29, 0.717) is 22.4 Å². The Balaban J connectivity index is 2.60. The van der Waals surface area contributed by atoms with Gasteiger partial charge in [-0.3, -0.25) is 4.79 Å². The van der Waals surface area contributed by atoms with Crippen molar-refractivity contribution < 1.29 is 14.4 Å². The SMILES string of the molecule is Cc1noc2nc(C(C)C)cc(C(=O)N(C)C(C)CO)c12. The van der Waals surface area contributed by atoms with E-state index in [0.717, 1.165) is 5.69 Å². The number of hydrogen-bond donors (Lipinski definition) is 1. The summed E-state index contributed by atoms with van der Waals surface area (Å²) in [6.45, 7) is 7.50. The number of hydrogen-bond acceptors (Lipinski definition) is 5. The molecule has 6 heteroatoms. The fourth-order valence-corrected chi connectivity index (χ4v) is 2.09. The van der Waals surface area contributed by atoms with Crippen molar-refractivity contribution >= 4 is 17.0 Å². The molecule has 21 heavy (non-hydrogen) atoms. The zero-order valence-electron chi connectivity index (χ0n) is 13.0. The zero-order chi connectivity index (χ0) is 15.7. The van der Waals surface area contributed by atoms with Gasteiger partial charge in [0.25, 0.3) is 11.6 Å². The quantitative estimate of drug-likeness (QED) is 0.933. The van der Waals surface area contributed by atoms with E-state index in [1.807, 2.05) is 13.8 Å². The van der Waals surface area contributed by atoms with E-state index in [1.54, 1.807) is 27.0 Å². The molecule has 2 heterocycles. The molecule has 114 valence electrons. The summed E-state index contributed by atoms with van der Waals surface area (Å²) >= 11 is 0. The van der Waals surface area contributed by atoms with Gasteiger partial charge in [-0.05, 0) is 25.8 Å². The molecule has 1 amide bonds. The van der Waals surface area contributed by atoms with Crippen LogP contribution in [-0.2, 0) is 0 Å². The summed E-state index contributed by atoms with van der Waals surface area (Å²) in [5.74, 6) is 0.00378. The van der Waals surface area contributed by atoms with Crippen LogP contribution in [0.1, 0.15) is 48.4 Å². The second-order valence-corrected chi connectivity index (χ2v) is 5.65. The average Bonchev–Trinajstić information content (AvgIpc) is 2.85. The third-order valence-corrected chi connectivity index (χ3v) is 3.70. The number of carbonyl (C=O) groups is 1. The Kier molecular flexibility index (Phi) is 4.27. The first kappa shape index (κ1) is 15.4. The molecule has 0 radical (unpaired) electrons. The van der Waals surface area contributed by atoms with Gasteiger partial charge in [-0.2, -0.15) is 0 Å². The van der Waals surface area contributed by atoms with Crippen LogP contribution < -0.4 is 0 Å². The molecule has 0 aliphatic carbocycles. The molecule has 1 atom stereocenters. The molecular formula is C15H21N3O3. The number of aryl methyl sites for hydroxylation is 1. The van der Waals surface area contributed by atoms with E-state index in [9.17, 15) is 9.90 Å². The number of rotatable bonds is 4. The Morgan fingerprint density at radius 1 is 1.43 bits per heavy atom. The van der Waals surface area contributed by atoms with Crippen LogP contribution in [0.15, 0.2) is 10.6 Å². The molecule has 0 aromatic carbocycles. The van der Waals surface area contributed by atoms with Crippen LogP contribution in [0.25, 0.3) is 11.1 Å². The number of amides is 1. The minimum atomic E-state index is -0.261. The summed E-state index contributed by atoms with van der Waals surface area (Å²) in [6, 6.07) is 1.53. The average molecular weight is 291 g/mol. The molecule has 0 saturated heterocycles. The summed E-state index contributed by atoms with van der Waals surface area (Å²) in [7, 11) is 1.67. The number of aliphatic hydroxyl groups is 1. The minimum absolute atomic E-state index is 0.0872. The van der Waals surface area contributed by atoms with Crippen LogP contribution in [0, 0.1) is 6.92 Å². The van der Waals surface area contributed by atoms with E-state index >= 15 is 0 Å². The maximum atomic E-state index is 12.7. The number of fused-ring (bicyclic) bond motifs is 1. The van der Waals surface area contributed by atoms with Crippen molar-refractivity contribution in [3.63, 3.8) is 0 Å². The van der Waals surface area contributed by atoms with Crippen LogP contribution in [0.2, 0.25) is 0 Å². The van der Waals surface area contributed by atoms with Crippen LogP contribution in [0.3, 0.4) is 0 Å². The monoisotopic (exact) mass is 291 g/mol. The lowest BCUT2D eigenvalue weighted by molar-refractivity contribution is 0.0684. The van der Waals surface area contributed by atoms with Crippen molar-refractivity contribution in [2.24, 2.45) is 0 Å². The van der Waals surface area contributed by atoms with Gasteiger partial charge < -0.3 is 14.5 Å². The summed E-state index contributed by atoms with van der Waals surface area (Å²) in [5, 5.41) is 13.8. The van der Waals surface area contributed by atoms with Gasteiger partial charge in [0.15, 0.2) is 0 Å². The van der Waals surface area contributed by atoms with Crippen LogP contribution >= 0.6 is 0 Å². The van der Waals surface area contributed by atoms with Gasteiger partial charge in [-0.1, -0.05) is 19.0 Å². The smallest absolute Gasteiger partial charge is 0.259 e. The van der Waals surface area contributed by atoms with Crippen molar-refractivity contribution in [2.45, 2.75) is 39.7 Å². The van der Waals surface area contributed by atoms with E-state index in [-0.39, 0.29) is 24.5 Å². The lowest BCUT2D eigenvalue weighted by atomic mass is 10.0. The number of likely N-dealkylation sites (N-methyl/N-ethyl adjacent to an activating group) is 1. The van der Waals surface area contributed by atoms with Gasteiger partial charge >= 0.3 is 0 Å². The van der Waals surface area contributed by atoms with E-state index in [1.165, 1.54) is 4.90 Å². The third-order valence-electron chi connectivity index (χ3n) is 3.70. The molecule has 2 rings (SSSR count). The molecule has 0 aliphatic rings. The van der Waals surface area contributed by atoms with Crippen LogP contribution in [0.5, 0.6) is 0 Å². The minimum Gasteiger partial charge on any atom is -0.394 e. The molecule has 0 saturated carbocycles. The van der Waals surface area contributed by atoms with Crippen molar-refractivity contribution in [3.05, 3.63) is 23.0 Å². The number of nitrogens with zero attached hydrogens (tertiary/aromatic N) is 3. The number of aromatic nitrogens is 2. The number of aliphatic hydroxyl groups excluding tert-OH is 1. The predicted molar refractivity (Wildman–Crippen MR) is 79.3 cm³/mol. The normalized spacial score (nSPS) is 12.9. The first-order chi connectivity index (χ1) is 9.86. The summed E-state index contributed by atoms with van der Waals surface area (Å²) < 4.78 is 5.22. The molecule has 1 N–H and O–H groups in total. The first-order valence-electron chi connectivity index (χ1n) is 7.01. The first-order valence-corrected chi connectivity index (χ1v) is 7.01. The van der Waals surface area contributed by atoms with Gasteiger partial charge in [-0.15, -0.1) is 0 Å². The van der Waals surface area contributed by atoms with Crippen molar-refractivity contribution in [3.8, 4) is 0 Å². The standard InChI is InChI=1S/C15H21N3O3/c1-8(2)12-6-11(15(20)18(5)9(3)7-19)13-10(4)17-21-14(13)16-12/h6,8-9,19H,7H2,1-5H3. The molecule has 2 aromatic rings. The van der Waals surface area contributed by atoms with Gasteiger partial charge in [0.2, 0.25) is 0 Å². The van der Waals surface area contributed by atoms with Gasteiger partial charge in [0.1, 0.15) is 0 Å². The Hall–Kier alpha value is -1.95. The molecule has 0 spiro atoms. The molecule has 0 fully saturated rings. The Bertz CT molecular complexity index is 663. The van der Waals surface area contributed by atoms with E-state index < -0.39 is 0 Å². The fourth-order valence-electron chi connectivity index (χ4n) is 2.09. The molecular weight excluding hydrogens is 270 g/mol. The maximum absolute atomic E-state index is 12.7. The van der Waals surface area contributed by atoms with Gasteiger partial charge in [0, 0.05) is 12.7 Å². The largest absolute Gasteiger partial charge is 0.394 e. The lowest BCUT2D eigenvalue weighted by Crippen LogP contribution is -2.37. The highest BCUT2D eigenvalue weighted by Crippen LogP contribution is 2.26. The van der Waals surface area contributed by atoms with Crippen molar-refractivity contribution in [1.82, 2.24) is 15.0 Å². The molecule has 0 aliphatic heterocycles. The van der Waals surface area contributed by atoms with Crippen LogP contribution in [-0.4, -0.2) is 45.8 Å². The van der Waals surface area contributed by atoms with Crippen molar-refractivity contribution in [2.75, 3.05) is 13.7 Å². The van der Waals surface area contributed by atoms with E-state index in [2.05, 4.69) is 10.1 Å². The van der Waals surface area contributed by atoms with E-state index in [4.69, 9.17) is 4.52 Å². The Morgan fingerprint density at radius 2 is 2.10 bits per heavy atom. The second kappa shape index (κ2) is 5.81. The van der Waals surface area contributed by atoms with Gasteiger partial charge in [-0.25, -0.2) is 4.98 Å². The number of carbonyl (C=O) groups excluding carboxylic acids is 1. The van der Waals surface area contributed by atoms with Gasteiger partial charge in [0.05, 0.1) is 29.3 Å². The highest BCUT2D eigenvalue weighted by atomic mass is 16.5. The molecule has 6 nitrogen and oxygen atoms in total. The second-order valence-electron chi connectivity index (χ2n) is 5.65. The molecule has 2 aromatic heterocycles. The maximum Gasteiger partial charge on any atom is 0.259 e. The summed E-state index contributed by atoms with van der Waals surface area (Å²) in [6.07, 6.45) is 0. The lowest BCUT2D eigenvalue weighted by Gasteiger charge is -2.23. The highest BCUT2D eigenvalue weighted by Gasteiger charge is 2.24. The fraction of sp³-hybridized carbons (Fsp3) is 0.533. The topological polar surface area (TPSA) is 79.5 Å². The predicted octanol–water partition coefficient (Wildman–Crippen LogP) is 2.11. The summed E-state index contributed by atoms with van der Waals surface area (Å²) in [5.41, 5.74) is 2.32. The third kappa shape index (κ3) is 2.76. The Morgan fingerprint density at radius 3 is 2.67 bits per heavy atom. The molecule has 0 bridgehead atoms. The Labute approximate surface area is 123 Å². The summed E-state index contributed by atoms with van der Waals surface area (Å²) in [4.78, 5) is 18.6. The zero-order valence-corrected chi connectivity index (χ0v) is 13.0. The van der Waals surface area contributed by atoms with Crippen LogP contribution in [0.4, 0.5) is 0 Å². The van der Waals surface area contributed by atoms with Crippen molar-refractivity contribution in [1.29, 1.82) is 0 Å². The highest BCUT2D eigenvalue weighted by molar-refractivity contribution is 6.06. The number of pyridine rings is 1.